The summed E-state index contributed by atoms with van der Waals surface area (Å²) in [6.07, 6.45) is 4.52. The van der Waals surface area contributed by atoms with Gasteiger partial charge in [0.1, 0.15) is 0 Å². The van der Waals surface area contributed by atoms with Gasteiger partial charge in [-0.3, -0.25) is 4.79 Å². The Labute approximate surface area is 138 Å². The molecule has 128 valence electrons. The Morgan fingerprint density at radius 3 is 3.04 bits per heavy atom. The molecule has 0 aromatic heterocycles. The number of fused-ring (bicyclic) bond motifs is 1. The van der Waals surface area contributed by atoms with Crippen molar-refractivity contribution in [2.75, 3.05) is 26.8 Å². The molecule has 2 unspecified atom stereocenters. The average Bonchev–Trinajstić information content (AvgIpc) is 2.59. The van der Waals surface area contributed by atoms with Crippen molar-refractivity contribution >= 4 is 5.91 Å². The Kier molecular flexibility index (Phi) is 7.52. The van der Waals surface area contributed by atoms with E-state index in [2.05, 4.69) is 29.6 Å². The molecular formula is C18H28N2O3. The van der Waals surface area contributed by atoms with Gasteiger partial charge < -0.3 is 20.5 Å². The average molecular weight is 320 g/mol. The highest BCUT2D eigenvalue weighted by Gasteiger charge is 2.19. The monoisotopic (exact) mass is 320 g/mol. The van der Waals surface area contributed by atoms with Crippen molar-refractivity contribution in [3.63, 3.8) is 0 Å². The number of carbonyl (C=O) groups is 1. The normalized spacial score (nSPS) is 18.3. The minimum atomic E-state index is -0.204. The van der Waals surface area contributed by atoms with Crippen LogP contribution in [-0.4, -0.2) is 38.8 Å². The third kappa shape index (κ3) is 5.61. The molecule has 1 aromatic carbocycles. The van der Waals surface area contributed by atoms with E-state index in [1.807, 2.05) is 0 Å². The van der Waals surface area contributed by atoms with Gasteiger partial charge in [0, 0.05) is 26.8 Å². The zero-order valence-corrected chi connectivity index (χ0v) is 13.9. The third-order valence-corrected chi connectivity index (χ3v) is 4.29. The molecule has 1 amide bonds. The molecule has 0 radical (unpaired) electrons. The first-order valence-corrected chi connectivity index (χ1v) is 8.43. The van der Waals surface area contributed by atoms with Gasteiger partial charge in [0.05, 0.1) is 18.6 Å². The summed E-state index contributed by atoms with van der Waals surface area (Å²) < 4.78 is 11.1. The Bertz CT molecular complexity index is 489. The molecule has 1 aliphatic carbocycles. The topological polar surface area (TPSA) is 73.6 Å². The van der Waals surface area contributed by atoms with Crippen molar-refractivity contribution in [2.24, 2.45) is 5.73 Å². The van der Waals surface area contributed by atoms with Gasteiger partial charge in [-0.15, -0.1) is 0 Å². The summed E-state index contributed by atoms with van der Waals surface area (Å²) in [6, 6.07) is 8.52. The van der Waals surface area contributed by atoms with Crippen LogP contribution in [0, 0.1) is 0 Å². The molecule has 23 heavy (non-hydrogen) atoms. The number of benzene rings is 1. The van der Waals surface area contributed by atoms with Crippen molar-refractivity contribution in [3.8, 4) is 0 Å². The number of ether oxygens (including phenoxy) is 2. The van der Waals surface area contributed by atoms with E-state index in [0.717, 1.165) is 19.3 Å². The lowest BCUT2D eigenvalue weighted by atomic mass is 9.89. The molecule has 0 bridgehead atoms. The number of nitrogens with two attached hydrogens (primary N) is 1. The first kappa shape index (κ1) is 17.9. The lowest BCUT2D eigenvalue weighted by Crippen LogP contribution is -2.33. The van der Waals surface area contributed by atoms with Crippen LogP contribution in [0.4, 0.5) is 0 Å². The summed E-state index contributed by atoms with van der Waals surface area (Å²) in [6.45, 7) is 1.63. The largest absolute Gasteiger partial charge is 0.380 e. The lowest BCUT2D eigenvalue weighted by Gasteiger charge is -2.25. The summed E-state index contributed by atoms with van der Waals surface area (Å²) >= 11 is 0. The minimum absolute atomic E-state index is 0.0229. The molecule has 1 aromatic rings. The molecule has 2 rings (SSSR count). The van der Waals surface area contributed by atoms with E-state index in [4.69, 9.17) is 15.2 Å². The zero-order valence-electron chi connectivity index (χ0n) is 13.9. The number of nitrogens with one attached hydrogen (secondary N) is 1. The first-order valence-electron chi connectivity index (χ1n) is 8.43. The fourth-order valence-corrected chi connectivity index (χ4v) is 2.95. The first-order chi connectivity index (χ1) is 11.2. The standard InChI is InChI=1S/C18H28N2O3/c1-22-15(13-19)12-18(21)20-10-5-11-23-17-9-4-7-14-6-2-3-8-16(14)17/h2-3,6,8,15,17H,4-5,7,9-13,19H2,1H3,(H,20,21). The van der Waals surface area contributed by atoms with E-state index in [0.29, 0.717) is 26.1 Å². The third-order valence-electron chi connectivity index (χ3n) is 4.29. The fourth-order valence-electron chi connectivity index (χ4n) is 2.95. The van der Waals surface area contributed by atoms with Gasteiger partial charge in [-0.1, -0.05) is 24.3 Å². The van der Waals surface area contributed by atoms with Crippen LogP contribution in [0.3, 0.4) is 0 Å². The Balaban J connectivity index is 1.64. The highest BCUT2D eigenvalue weighted by atomic mass is 16.5. The molecule has 3 N–H and O–H groups in total. The van der Waals surface area contributed by atoms with Gasteiger partial charge >= 0.3 is 0 Å². The van der Waals surface area contributed by atoms with Crippen LogP contribution in [0.5, 0.6) is 0 Å². The van der Waals surface area contributed by atoms with Crippen molar-refractivity contribution in [1.29, 1.82) is 0 Å². The molecule has 5 heteroatoms. The second-order valence-corrected chi connectivity index (χ2v) is 5.95. The lowest BCUT2D eigenvalue weighted by molar-refractivity contribution is -0.123. The van der Waals surface area contributed by atoms with Crippen molar-refractivity contribution in [3.05, 3.63) is 35.4 Å². The maximum Gasteiger partial charge on any atom is 0.222 e. The van der Waals surface area contributed by atoms with Crippen LogP contribution < -0.4 is 11.1 Å². The summed E-state index contributed by atoms with van der Waals surface area (Å²) in [5.74, 6) is -0.0229. The van der Waals surface area contributed by atoms with Crippen LogP contribution in [0.2, 0.25) is 0 Å². The molecule has 1 aliphatic rings. The number of methoxy groups -OCH3 is 1. The number of amides is 1. The summed E-state index contributed by atoms with van der Waals surface area (Å²) in [5, 5.41) is 2.88. The molecule has 0 heterocycles. The maximum absolute atomic E-state index is 11.7. The number of aryl methyl sites for hydroxylation is 1. The highest BCUT2D eigenvalue weighted by molar-refractivity contribution is 5.76. The van der Waals surface area contributed by atoms with E-state index >= 15 is 0 Å². The Morgan fingerprint density at radius 1 is 1.43 bits per heavy atom. The Morgan fingerprint density at radius 2 is 2.26 bits per heavy atom. The van der Waals surface area contributed by atoms with Gasteiger partial charge in [0.2, 0.25) is 5.91 Å². The zero-order chi connectivity index (χ0) is 16.5. The van der Waals surface area contributed by atoms with E-state index in [1.54, 1.807) is 7.11 Å². The van der Waals surface area contributed by atoms with Crippen molar-refractivity contribution in [2.45, 2.75) is 44.3 Å². The second-order valence-electron chi connectivity index (χ2n) is 5.95. The van der Waals surface area contributed by atoms with Crippen LogP contribution in [0.15, 0.2) is 24.3 Å². The molecule has 2 atom stereocenters. The van der Waals surface area contributed by atoms with Crippen LogP contribution in [0.1, 0.15) is 42.9 Å². The van der Waals surface area contributed by atoms with Gasteiger partial charge in [-0.25, -0.2) is 0 Å². The van der Waals surface area contributed by atoms with Crippen LogP contribution >= 0.6 is 0 Å². The van der Waals surface area contributed by atoms with Crippen LogP contribution in [-0.2, 0) is 20.7 Å². The summed E-state index contributed by atoms with van der Waals surface area (Å²) in [4.78, 5) is 11.7. The molecule has 5 nitrogen and oxygen atoms in total. The minimum Gasteiger partial charge on any atom is -0.380 e. The molecule has 0 spiro atoms. The quantitative estimate of drug-likeness (QED) is 0.682. The number of rotatable bonds is 9. The number of carbonyl (C=O) groups excluding carboxylic acids is 1. The van der Waals surface area contributed by atoms with Crippen LogP contribution in [0.25, 0.3) is 0 Å². The van der Waals surface area contributed by atoms with Crippen molar-refractivity contribution < 1.29 is 14.3 Å². The molecular weight excluding hydrogens is 292 g/mol. The summed E-state index contributed by atoms with van der Waals surface area (Å²) in [7, 11) is 1.57. The van der Waals surface area contributed by atoms with Gasteiger partial charge in [0.15, 0.2) is 0 Å². The van der Waals surface area contributed by atoms with Gasteiger partial charge in [0.25, 0.3) is 0 Å². The highest BCUT2D eigenvalue weighted by Crippen LogP contribution is 2.32. The SMILES string of the molecule is COC(CN)CC(=O)NCCCOC1CCCc2ccccc21. The van der Waals surface area contributed by atoms with Gasteiger partial charge in [-0.05, 0) is 36.8 Å². The predicted molar refractivity (Wildman–Crippen MR) is 90.2 cm³/mol. The maximum atomic E-state index is 11.7. The molecule has 0 saturated carbocycles. The predicted octanol–water partition coefficient (Wildman–Crippen LogP) is 1.95. The van der Waals surface area contributed by atoms with E-state index in [1.165, 1.54) is 17.5 Å². The van der Waals surface area contributed by atoms with E-state index < -0.39 is 0 Å². The molecule has 0 fully saturated rings. The second kappa shape index (κ2) is 9.65. The smallest absolute Gasteiger partial charge is 0.222 e. The number of hydrogen-bond donors (Lipinski definition) is 2. The van der Waals surface area contributed by atoms with E-state index in [-0.39, 0.29) is 18.1 Å². The Hall–Kier alpha value is -1.43. The van der Waals surface area contributed by atoms with Crippen molar-refractivity contribution in [1.82, 2.24) is 5.32 Å². The number of hydrogen-bond acceptors (Lipinski definition) is 4. The fraction of sp³-hybridized carbons (Fsp3) is 0.611. The molecule has 0 aliphatic heterocycles. The molecule has 0 saturated heterocycles. The van der Waals surface area contributed by atoms with Gasteiger partial charge in [-0.2, -0.15) is 0 Å². The van der Waals surface area contributed by atoms with E-state index in [9.17, 15) is 4.79 Å². The summed E-state index contributed by atoms with van der Waals surface area (Å²) in [5.41, 5.74) is 8.24.